The van der Waals surface area contributed by atoms with Crippen LogP contribution in [0.1, 0.15) is 37.7 Å². The van der Waals surface area contributed by atoms with Gasteiger partial charge in [0.15, 0.2) is 5.96 Å². The molecule has 1 heterocycles. The maximum atomic E-state index is 5.21. The van der Waals surface area contributed by atoms with E-state index in [-0.39, 0.29) is 24.0 Å². The van der Waals surface area contributed by atoms with E-state index in [1.165, 1.54) is 24.2 Å². The van der Waals surface area contributed by atoms with Crippen molar-refractivity contribution in [3.8, 4) is 5.75 Å². The lowest BCUT2D eigenvalue weighted by Crippen LogP contribution is -2.40. The second-order valence-corrected chi connectivity index (χ2v) is 7.39. The van der Waals surface area contributed by atoms with E-state index in [2.05, 4.69) is 46.4 Å². The van der Waals surface area contributed by atoms with Gasteiger partial charge in [0.05, 0.1) is 7.11 Å². The second kappa shape index (κ2) is 11.8. The molecule has 2 atom stereocenters. The first kappa shape index (κ1) is 21.4. The van der Waals surface area contributed by atoms with Crippen LogP contribution in [0.5, 0.6) is 5.75 Å². The van der Waals surface area contributed by atoms with Crippen LogP contribution in [0.15, 0.2) is 29.3 Å². The molecule has 1 aromatic carbocycles. The van der Waals surface area contributed by atoms with Gasteiger partial charge in [-0.2, -0.15) is 11.8 Å². The molecule has 136 valence electrons. The van der Waals surface area contributed by atoms with Crippen molar-refractivity contribution in [2.45, 2.75) is 37.4 Å². The first-order chi connectivity index (χ1) is 11.2. The number of nitrogens with one attached hydrogen (secondary N) is 2. The molecule has 2 unspecified atom stereocenters. The van der Waals surface area contributed by atoms with E-state index in [9.17, 15) is 0 Å². The predicted molar refractivity (Wildman–Crippen MR) is 116 cm³/mol. The van der Waals surface area contributed by atoms with Crippen LogP contribution in [-0.2, 0) is 0 Å². The average Bonchev–Trinajstić information content (AvgIpc) is 3.11. The number of aliphatic imine (C=N–C) groups is 1. The Kier molecular flexibility index (Phi) is 10.6. The maximum absolute atomic E-state index is 5.21. The number of halogens is 1. The van der Waals surface area contributed by atoms with Crippen LogP contribution in [0.2, 0.25) is 0 Å². The molecule has 0 saturated carbocycles. The standard InChI is InChI=1S/C18H29N3OS.HI/c1-14(15-6-8-16(22-3)9-7-15)10-11-20-18(19-2)21-13-17-5-4-12-23-17;/h6-9,14,17H,4-5,10-13H2,1-3H3,(H2,19,20,21);1H. The highest BCUT2D eigenvalue weighted by molar-refractivity contribution is 14.0. The number of hydrogen-bond donors (Lipinski definition) is 2. The topological polar surface area (TPSA) is 45.7 Å². The summed E-state index contributed by atoms with van der Waals surface area (Å²) in [4.78, 5) is 4.31. The zero-order valence-corrected chi connectivity index (χ0v) is 18.0. The van der Waals surface area contributed by atoms with E-state index < -0.39 is 0 Å². The van der Waals surface area contributed by atoms with Gasteiger partial charge in [-0.1, -0.05) is 19.1 Å². The highest BCUT2D eigenvalue weighted by atomic mass is 127. The maximum Gasteiger partial charge on any atom is 0.191 e. The zero-order chi connectivity index (χ0) is 16.5. The summed E-state index contributed by atoms with van der Waals surface area (Å²) in [6.07, 6.45) is 3.75. The van der Waals surface area contributed by atoms with Gasteiger partial charge in [0, 0.05) is 25.4 Å². The molecular weight excluding hydrogens is 433 g/mol. The lowest BCUT2D eigenvalue weighted by Gasteiger charge is -2.17. The first-order valence-corrected chi connectivity index (χ1v) is 9.48. The number of guanidine groups is 1. The SMILES string of the molecule is CN=C(NCCC(C)c1ccc(OC)cc1)NCC1CCCS1.I. The van der Waals surface area contributed by atoms with Crippen LogP contribution >= 0.6 is 35.7 Å². The third kappa shape index (κ3) is 7.09. The molecule has 0 radical (unpaired) electrons. The lowest BCUT2D eigenvalue weighted by atomic mass is 9.98. The number of benzene rings is 1. The summed E-state index contributed by atoms with van der Waals surface area (Å²) >= 11 is 2.07. The molecule has 1 aliphatic heterocycles. The molecule has 4 nitrogen and oxygen atoms in total. The normalized spacial score (nSPS) is 18.6. The van der Waals surface area contributed by atoms with Crippen LogP contribution in [-0.4, -0.2) is 44.2 Å². The van der Waals surface area contributed by atoms with Gasteiger partial charge in [-0.15, -0.1) is 24.0 Å². The van der Waals surface area contributed by atoms with E-state index in [4.69, 9.17) is 4.74 Å². The molecule has 1 aliphatic rings. The summed E-state index contributed by atoms with van der Waals surface area (Å²) in [5, 5.41) is 7.61. The van der Waals surface area contributed by atoms with Crippen molar-refractivity contribution >= 4 is 41.7 Å². The highest BCUT2D eigenvalue weighted by Crippen LogP contribution is 2.25. The number of methoxy groups -OCH3 is 1. The molecule has 2 N–H and O–H groups in total. The number of rotatable bonds is 7. The molecule has 24 heavy (non-hydrogen) atoms. The molecule has 0 aromatic heterocycles. The predicted octanol–water partition coefficient (Wildman–Crippen LogP) is 3.87. The minimum Gasteiger partial charge on any atom is -0.497 e. The van der Waals surface area contributed by atoms with Gasteiger partial charge in [-0.05, 0) is 48.6 Å². The Labute approximate surface area is 167 Å². The smallest absolute Gasteiger partial charge is 0.191 e. The quantitative estimate of drug-likeness (QED) is 0.366. The van der Waals surface area contributed by atoms with Gasteiger partial charge in [-0.25, -0.2) is 0 Å². The van der Waals surface area contributed by atoms with Gasteiger partial charge in [0.2, 0.25) is 0 Å². The third-order valence-corrected chi connectivity index (χ3v) is 5.70. The number of ether oxygens (including phenoxy) is 1. The monoisotopic (exact) mass is 463 g/mol. The number of hydrogen-bond acceptors (Lipinski definition) is 3. The van der Waals surface area contributed by atoms with Crippen LogP contribution in [0.4, 0.5) is 0 Å². The summed E-state index contributed by atoms with van der Waals surface area (Å²) in [6, 6.07) is 8.35. The van der Waals surface area contributed by atoms with Crippen molar-refractivity contribution in [1.82, 2.24) is 10.6 Å². The Balaban J connectivity index is 0.00000288. The fourth-order valence-electron chi connectivity index (χ4n) is 2.74. The largest absolute Gasteiger partial charge is 0.497 e. The second-order valence-electron chi connectivity index (χ2n) is 5.98. The molecule has 0 bridgehead atoms. The molecule has 0 amide bonds. The Morgan fingerprint density at radius 3 is 2.67 bits per heavy atom. The summed E-state index contributed by atoms with van der Waals surface area (Å²) in [5.74, 6) is 3.64. The Morgan fingerprint density at radius 1 is 1.33 bits per heavy atom. The summed E-state index contributed by atoms with van der Waals surface area (Å²) < 4.78 is 5.21. The average molecular weight is 463 g/mol. The lowest BCUT2D eigenvalue weighted by molar-refractivity contribution is 0.414. The van der Waals surface area contributed by atoms with E-state index in [0.717, 1.165) is 36.5 Å². The highest BCUT2D eigenvalue weighted by Gasteiger charge is 2.15. The van der Waals surface area contributed by atoms with Gasteiger partial charge in [0.1, 0.15) is 5.75 Å². The van der Waals surface area contributed by atoms with Crippen molar-refractivity contribution < 1.29 is 4.74 Å². The zero-order valence-electron chi connectivity index (χ0n) is 14.9. The summed E-state index contributed by atoms with van der Waals surface area (Å²) in [5.41, 5.74) is 1.35. The fraction of sp³-hybridized carbons (Fsp3) is 0.611. The molecule has 1 fully saturated rings. The van der Waals surface area contributed by atoms with Crippen LogP contribution in [0.25, 0.3) is 0 Å². The van der Waals surface area contributed by atoms with Gasteiger partial charge >= 0.3 is 0 Å². The fourth-order valence-corrected chi connectivity index (χ4v) is 3.94. The molecule has 1 aromatic rings. The molecule has 1 saturated heterocycles. The first-order valence-electron chi connectivity index (χ1n) is 8.43. The molecule has 0 aliphatic carbocycles. The molecular formula is C18H30IN3OS. The van der Waals surface area contributed by atoms with E-state index in [0.29, 0.717) is 5.92 Å². The van der Waals surface area contributed by atoms with Crippen molar-refractivity contribution in [3.05, 3.63) is 29.8 Å². The molecule has 2 rings (SSSR count). The minimum absolute atomic E-state index is 0. The van der Waals surface area contributed by atoms with Crippen LogP contribution in [0.3, 0.4) is 0 Å². The van der Waals surface area contributed by atoms with Crippen molar-refractivity contribution in [3.63, 3.8) is 0 Å². The third-order valence-electron chi connectivity index (χ3n) is 4.30. The van der Waals surface area contributed by atoms with Crippen molar-refractivity contribution in [2.75, 3.05) is 33.0 Å². The Morgan fingerprint density at radius 2 is 2.08 bits per heavy atom. The van der Waals surface area contributed by atoms with Gasteiger partial charge < -0.3 is 15.4 Å². The van der Waals surface area contributed by atoms with E-state index in [1.54, 1.807) is 7.11 Å². The molecule has 6 heteroatoms. The van der Waals surface area contributed by atoms with Crippen LogP contribution < -0.4 is 15.4 Å². The molecule has 0 spiro atoms. The van der Waals surface area contributed by atoms with Crippen molar-refractivity contribution in [1.29, 1.82) is 0 Å². The van der Waals surface area contributed by atoms with Gasteiger partial charge in [-0.3, -0.25) is 4.99 Å². The van der Waals surface area contributed by atoms with Crippen molar-refractivity contribution in [2.24, 2.45) is 4.99 Å². The summed E-state index contributed by atoms with van der Waals surface area (Å²) in [6.45, 7) is 4.19. The number of thioether (sulfide) groups is 1. The summed E-state index contributed by atoms with van der Waals surface area (Å²) in [7, 11) is 3.54. The van der Waals surface area contributed by atoms with E-state index in [1.807, 2.05) is 19.2 Å². The van der Waals surface area contributed by atoms with Gasteiger partial charge in [0.25, 0.3) is 0 Å². The minimum atomic E-state index is 0. The number of nitrogens with zero attached hydrogens (tertiary/aromatic N) is 1. The Hall–Kier alpha value is -0.630. The van der Waals surface area contributed by atoms with E-state index >= 15 is 0 Å². The van der Waals surface area contributed by atoms with Crippen LogP contribution in [0, 0.1) is 0 Å². The Bertz CT molecular complexity index is 490.